The highest BCUT2D eigenvalue weighted by molar-refractivity contribution is 6.46. The van der Waals surface area contributed by atoms with Crippen LogP contribution in [0.2, 0.25) is 5.02 Å². The summed E-state index contributed by atoms with van der Waals surface area (Å²) in [6, 6.07) is 12.6. The maximum absolute atomic E-state index is 13.3. The topological polar surface area (TPSA) is 80.0 Å². The number of benzene rings is 2. The summed E-state index contributed by atoms with van der Waals surface area (Å²) in [6.45, 7) is 3.92. The SMILES string of the molecule is CCOc1cc(/C(O)=C2/C(=O)C(=O)N(Cc3ccc(F)cc3)C2c2ccc(C)o2)ccc1Cl. The van der Waals surface area contributed by atoms with E-state index in [0.717, 1.165) is 0 Å². The predicted molar refractivity (Wildman–Crippen MR) is 120 cm³/mol. The van der Waals surface area contributed by atoms with Crippen molar-refractivity contribution < 1.29 is 28.2 Å². The third kappa shape index (κ3) is 4.36. The van der Waals surface area contributed by atoms with Crippen LogP contribution in [-0.2, 0) is 16.1 Å². The van der Waals surface area contributed by atoms with Crippen molar-refractivity contribution in [1.82, 2.24) is 4.90 Å². The molecule has 6 nitrogen and oxygen atoms in total. The molecule has 0 bridgehead atoms. The second kappa shape index (κ2) is 9.11. The second-order valence-electron chi connectivity index (χ2n) is 7.58. The van der Waals surface area contributed by atoms with Gasteiger partial charge in [0.2, 0.25) is 0 Å². The smallest absolute Gasteiger partial charge is 0.296 e. The summed E-state index contributed by atoms with van der Waals surface area (Å²) in [6.07, 6.45) is 0. The van der Waals surface area contributed by atoms with E-state index < -0.39 is 23.5 Å². The molecule has 1 atom stereocenters. The molecule has 2 heterocycles. The molecule has 0 aliphatic carbocycles. The monoisotopic (exact) mass is 469 g/mol. The van der Waals surface area contributed by atoms with Crippen LogP contribution in [0, 0.1) is 12.7 Å². The number of carbonyl (C=O) groups is 2. The zero-order valence-corrected chi connectivity index (χ0v) is 18.7. The highest BCUT2D eigenvalue weighted by atomic mass is 35.5. The van der Waals surface area contributed by atoms with E-state index in [9.17, 15) is 19.1 Å². The molecule has 170 valence electrons. The Morgan fingerprint density at radius 2 is 1.88 bits per heavy atom. The van der Waals surface area contributed by atoms with Crippen LogP contribution in [0.4, 0.5) is 4.39 Å². The van der Waals surface area contributed by atoms with Gasteiger partial charge in [0, 0.05) is 12.1 Å². The molecule has 1 N–H and O–H groups in total. The zero-order valence-electron chi connectivity index (χ0n) is 18.0. The van der Waals surface area contributed by atoms with Gasteiger partial charge in [-0.25, -0.2) is 4.39 Å². The normalized spacial score (nSPS) is 17.6. The number of halogens is 2. The van der Waals surface area contributed by atoms with Gasteiger partial charge in [-0.3, -0.25) is 9.59 Å². The molecular formula is C25H21ClFNO5. The zero-order chi connectivity index (χ0) is 23.7. The van der Waals surface area contributed by atoms with E-state index in [0.29, 0.717) is 34.5 Å². The van der Waals surface area contributed by atoms with Gasteiger partial charge in [-0.05, 0) is 61.9 Å². The van der Waals surface area contributed by atoms with Crippen LogP contribution in [0.15, 0.2) is 64.6 Å². The first-order chi connectivity index (χ1) is 15.8. The average Bonchev–Trinajstić information content (AvgIpc) is 3.32. The minimum absolute atomic E-state index is 0.0247. The van der Waals surface area contributed by atoms with Gasteiger partial charge in [0.1, 0.15) is 34.9 Å². The van der Waals surface area contributed by atoms with Gasteiger partial charge in [-0.2, -0.15) is 0 Å². The summed E-state index contributed by atoms with van der Waals surface area (Å²) < 4.78 is 24.6. The van der Waals surface area contributed by atoms with Crippen LogP contribution in [0.5, 0.6) is 5.75 Å². The molecule has 1 aliphatic rings. The van der Waals surface area contributed by atoms with Gasteiger partial charge in [0.05, 0.1) is 17.2 Å². The quantitative estimate of drug-likeness (QED) is 0.297. The minimum atomic E-state index is -0.963. The van der Waals surface area contributed by atoms with Crippen LogP contribution in [-0.4, -0.2) is 28.3 Å². The number of aliphatic hydroxyl groups excluding tert-OH is 1. The first-order valence-corrected chi connectivity index (χ1v) is 10.7. The molecular weight excluding hydrogens is 449 g/mol. The lowest BCUT2D eigenvalue weighted by Crippen LogP contribution is -2.29. The number of amides is 1. The summed E-state index contributed by atoms with van der Waals surface area (Å²) in [4.78, 5) is 27.4. The van der Waals surface area contributed by atoms with Crippen LogP contribution >= 0.6 is 11.6 Å². The fourth-order valence-corrected chi connectivity index (χ4v) is 3.97. The fourth-order valence-electron chi connectivity index (χ4n) is 3.80. The third-order valence-corrected chi connectivity index (χ3v) is 5.65. The number of hydrogen-bond acceptors (Lipinski definition) is 5. The lowest BCUT2D eigenvalue weighted by molar-refractivity contribution is -0.140. The summed E-state index contributed by atoms with van der Waals surface area (Å²) in [5, 5.41) is 11.5. The van der Waals surface area contributed by atoms with Gasteiger partial charge in [-0.15, -0.1) is 0 Å². The van der Waals surface area contributed by atoms with Crippen molar-refractivity contribution in [3.63, 3.8) is 0 Å². The van der Waals surface area contributed by atoms with E-state index >= 15 is 0 Å². The van der Waals surface area contributed by atoms with Crippen LogP contribution in [0.3, 0.4) is 0 Å². The Balaban J connectivity index is 1.83. The number of Topliss-reactive ketones (excluding diaryl/α,β-unsaturated/α-hetero) is 1. The molecule has 1 saturated heterocycles. The van der Waals surface area contributed by atoms with E-state index in [-0.39, 0.29) is 23.4 Å². The van der Waals surface area contributed by atoms with E-state index in [1.54, 1.807) is 32.0 Å². The molecule has 4 rings (SSSR count). The number of aliphatic hydroxyl groups is 1. The molecule has 33 heavy (non-hydrogen) atoms. The van der Waals surface area contributed by atoms with Gasteiger partial charge in [0.15, 0.2) is 0 Å². The Hall–Kier alpha value is -3.58. The average molecular weight is 470 g/mol. The fraction of sp³-hybridized carbons (Fsp3) is 0.200. The molecule has 1 unspecified atom stereocenters. The summed E-state index contributed by atoms with van der Waals surface area (Å²) in [7, 11) is 0. The molecule has 8 heteroatoms. The van der Waals surface area contributed by atoms with E-state index in [4.69, 9.17) is 20.8 Å². The standard InChI is InChI=1S/C25H21ClFNO5/c1-3-32-20-12-16(7-10-18(20)26)23(29)21-22(19-11-4-14(2)33-19)28(25(31)24(21)30)13-15-5-8-17(27)9-6-15/h4-12,22,29H,3,13H2,1-2H3/b23-21-. The second-order valence-corrected chi connectivity index (χ2v) is 7.99. The van der Waals surface area contributed by atoms with Crippen molar-refractivity contribution in [2.45, 2.75) is 26.4 Å². The Labute approximate surface area is 194 Å². The largest absolute Gasteiger partial charge is 0.507 e. The Bertz CT molecular complexity index is 1250. The van der Waals surface area contributed by atoms with Crippen LogP contribution in [0.25, 0.3) is 5.76 Å². The Kier molecular flexibility index (Phi) is 6.24. The summed E-state index contributed by atoms with van der Waals surface area (Å²) in [5.41, 5.74) is 0.786. The molecule has 0 radical (unpaired) electrons. The molecule has 1 aromatic heterocycles. The van der Waals surface area contributed by atoms with E-state index in [2.05, 4.69) is 0 Å². The Morgan fingerprint density at radius 1 is 1.15 bits per heavy atom. The molecule has 1 amide bonds. The lowest BCUT2D eigenvalue weighted by atomic mass is 9.99. The summed E-state index contributed by atoms with van der Waals surface area (Å²) in [5.74, 6) is -1.16. The number of aryl methyl sites for hydroxylation is 1. The number of ether oxygens (including phenoxy) is 1. The molecule has 3 aromatic rings. The Morgan fingerprint density at radius 3 is 2.52 bits per heavy atom. The highest BCUT2D eigenvalue weighted by Crippen LogP contribution is 2.41. The van der Waals surface area contributed by atoms with Crippen molar-refractivity contribution in [2.75, 3.05) is 6.61 Å². The first kappa shape index (κ1) is 22.6. The highest BCUT2D eigenvalue weighted by Gasteiger charge is 2.47. The van der Waals surface area contributed by atoms with Gasteiger partial charge in [0.25, 0.3) is 11.7 Å². The number of nitrogens with zero attached hydrogens (tertiary/aromatic N) is 1. The van der Waals surface area contributed by atoms with Crippen molar-refractivity contribution >= 4 is 29.1 Å². The van der Waals surface area contributed by atoms with E-state index in [1.165, 1.54) is 41.3 Å². The van der Waals surface area contributed by atoms with Gasteiger partial charge in [-0.1, -0.05) is 23.7 Å². The number of carbonyl (C=O) groups excluding carboxylic acids is 2. The molecule has 1 fully saturated rings. The molecule has 1 aliphatic heterocycles. The van der Waals surface area contributed by atoms with Crippen molar-refractivity contribution in [2.24, 2.45) is 0 Å². The summed E-state index contributed by atoms with van der Waals surface area (Å²) >= 11 is 6.15. The maximum atomic E-state index is 13.3. The molecule has 2 aromatic carbocycles. The number of likely N-dealkylation sites (tertiary alicyclic amines) is 1. The number of ketones is 1. The predicted octanol–water partition coefficient (Wildman–Crippen LogP) is 5.40. The van der Waals surface area contributed by atoms with E-state index in [1.807, 2.05) is 0 Å². The van der Waals surface area contributed by atoms with Crippen molar-refractivity contribution in [1.29, 1.82) is 0 Å². The first-order valence-electron chi connectivity index (χ1n) is 10.3. The van der Waals surface area contributed by atoms with Crippen molar-refractivity contribution in [3.05, 3.63) is 93.7 Å². The molecule has 0 spiro atoms. The molecule has 0 saturated carbocycles. The van der Waals surface area contributed by atoms with Gasteiger partial charge < -0.3 is 19.2 Å². The van der Waals surface area contributed by atoms with Gasteiger partial charge >= 0.3 is 0 Å². The van der Waals surface area contributed by atoms with Crippen molar-refractivity contribution in [3.8, 4) is 5.75 Å². The minimum Gasteiger partial charge on any atom is -0.507 e. The third-order valence-electron chi connectivity index (χ3n) is 5.34. The number of rotatable bonds is 6. The number of furan rings is 1. The van der Waals surface area contributed by atoms with Crippen LogP contribution < -0.4 is 4.74 Å². The van der Waals surface area contributed by atoms with Crippen LogP contribution in [0.1, 0.15) is 35.6 Å². The lowest BCUT2D eigenvalue weighted by Gasteiger charge is -2.23. The maximum Gasteiger partial charge on any atom is 0.296 e. The number of hydrogen-bond donors (Lipinski definition) is 1.